The number of morpholine rings is 1. The summed E-state index contributed by atoms with van der Waals surface area (Å²) in [5, 5.41) is 0.432. The fourth-order valence-electron chi connectivity index (χ4n) is 5.28. The molecule has 5 rings (SSSR count). The van der Waals surface area contributed by atoms with E-state index in [1.165, 1.54) is 12.1 Å². The molecule has 3 aliphatic rings. The largest absolute Gasteiger partial charge is 0.490 e. The Hall–Kier alpha value is -2.84. The molecule has 7 nitrogen and oxygen atoms in total. The van der Waals surface area contributed by atoms with Gasteiger partial charge in [-0.2, -0.15) is 0 Å². The lowest BCUT2D eigenvalue weighted by Gasteiger charge is -2.38. The zero-order chi connectivity index (χ0) is 24.4. The highest BCUT2D eigenvalue weighted by molar-refractivity contribution is 6.31. The standard InChI is InChI=1S/C26H28ClFN2O5/c27-17-1-8-24(23(13-17)26(32)29-9-11-33-12-10-29)34-16-25(31)30-19-4-5-20(30)15-22(14-19)35-21-6-2-18(28)3-7-21/h1-3,6-8,13,19-20,22H,4-5,9-12,14-16H2. The predicted molar refractivity (Wildman–Crippen MR) is 127 cm³/mol. The third-order valence-electron chi connectivity index (χ3n) is 6.92. The summed E-state index contributed by atoms with van der Waals surface area (Å²) in [5.41, 5.74) is 0.349. The van der Waals surface area contributed by atoms with Crippen LogP contribution < -0.4 is 9.47 Å². The SMILES string of the molecule is O=C(c1cc(Cl)ccc1OCC(=O)N1C2CCC1CC(Oc1ccc(F)cc1)C2)N1CCOCC1. The molecule has 0 aromatic heterocycles. The summed E-state index contributed by atoms with van der Waals surface area (Å²) < 4.78 is 30.4. The van der Waals surface area contributed by atoms with Crippen molar-refractivity contribution in [2.75, 3.05) is 32.9 Å². The van der Waals surface area contributed by atoms with Crippen molar-refractivity contribution in [3.63, 3.8) is 0 Å². The molecule has 3 heterocycles. The van der Waals surface area contributed by atoms with Gasteiger partial charge in [0.2, 0.25) is 0 Å². The molecule has 186 valence electrons. The van der Waals surface area contributed by atoms with Crippen LogP contribution in [0.1, 0.15) is 36.0 Å². The lowest BCUT2D eigenvalue weighted by Crippen LogP contribution is -2.50. The first-order valence-corrected chi connectivity index (χ1v) is 12.4. The van der Waals surface area contributed by atoms with E-state index in [0.29, 0.717) is 48.4 Å². The van der Waals surface area contributed by atoms with Crippen LogP contribution in [-0.2, 0) is 9.53 Å². The number of amides is 2. The van der Waals surface area contributed by atoms with E-state index >= 15 is 0 Å². The van der Waals surface area contributed by atoms with Crippen molar-refractivity contribution in [2.45, 2.75) is 43.9 Å². The average molecular weight is 503 g/mol. The Morgan fingerprint density at radius 1 is 1.03 bits per heavy atom. The van der Waals surface area contributed by atoms with Crippen molar-refractivity contribution >= 4 is 23.4 Å². The summed E-state index contributed by atoms with van der Waals surface area (Å²) >= 11 is 6.15. The van der Waals surface area contributed by atoms with Gasteiger partial charge in [-0.25, -0.2) is 4.39 Å². The van der Waals surface area contributed by atoms with Gasteiger partial charge in [0.15, 0.2) is 6.61 Å². The van der Waals surface area contributed by atoms with Gasteiger partial charge in [-0.15, -0.1) is 0 Å². The predicted octanol–water partition coefficient (Wildman–Crippen LogP) is 3.93. The van der Waals surface area contributed by atoms with Crippen LogP contribution in [0.4, 0.5) is 4.39 Å². The minimum absolute atomic E-state index is 0.0167. The van der Waals surface area contributed by atoms with Gasteiger partial charge < -0.3 is 24.0 Å². The van der Waals surface area contributed by atoms with Gasteiger partial charge in [0.05, 0.1) is 18.8 Å². The summed E-state index contributed by atoms with van der Waals surface area (Å²) in [7, 11) is 0. The Morgan fingerprint density at radius 3 is 2.40 bits per heavy atom. The van der Waals surface area contributed by atoms with Crippen LogP contribution in [0.2, 0.25) is 5.02 Å². The average Bonchev–Trinajstić information content (AvgIpc) is 3.15. The zero-order valence-corrected chi connectivity index (χ0v) is 20.1. The first-order chi connectivity index (χ1) is 17.0. The lowest BCUT2D eigenvalue weighted by molar-refractivity contribution is -0.139. The molecule has 0 spiro atoms. The molecule has 3 fully saturated rings. The molecule has 0 aliphatic carbocycles. The van der Waals surface area contributed by atoms with Crippen LogP contribution in [0.3, 0.4) is 0 Å². The van der Waals surface area contributed by atoms with E-state index in [1.54, 1.807) is 35.2 Å². The molecule has 2 bridgehead atoms. The maximum atomic E-state index is 13.2. The van der Waals surface area contributed by atoms with Crippen LogP contribution in [-0.4, -0.2) is 72.7 Å². The normalized spacial score (nSPS) is 23.8. The number of hydrogen-bond acceptors (Lipinski definition) is 5. The highest BCUT2D eigenvalue weighted by Gasteiger charge is 2.44. The van der Waals surface area contributed by atoms with Gasteiger partial charge in [0, 0.05) is 43.0 Å². The van der Waals surface area contributed by atoms with Crippen molar-refractivity contribution in [3.8, 4) is 11.5 Å². The van der Waals surface area contributed by atoms with E-state index in [1.807, 2.05) is 4.90 Å². The number of halogens is 2. The van der Waals surface area contributed by atoms with Gasteiger partial charge in [0.1, 0.15) is 23.4 Å². The Labute approximate surface area is 208 Å². The molecular weight excluding hydrogens is 475 g/mol. The maximum absolute atomic E-state index is 13.2. The zero-order valence-electron chi connectivity index (χ0n) is 19.3. The number of piperidine rings is 1. The first-order valence-electron chi connectivity index (χ1n) is 12.0. The third kappa shape index (κ3) is 5.38. The maximum Gasteiger partial charge on any atom is 0.261 e. The number of carbonyl (C=O) groups is 2. The van der Waals surface area contributed by atoms with E-state index in [4.69, 9.17) is 25.8 Å². The number of ether oxygens (including phenoxy) is 3. The molecule has 3 aliphatic heterocycles. The smallest absolute Gasteiger partial charge is 0.261 e. The van der Waals surface area contributed by atoms with Crippen molar-refractivity contribution in [1.29, 1.82) is 0 Å². The van der Waals surface area contributed by atoms with Crippen molar-refractivity contribution in [2.24, 2.45) is 0 Å². The number of nitrogens with zero attached hydrogens (tertiary/aromatic N) is 2. The molecular formula is C26H28ClFN2O5. The Balaban J connectivity index is 1.21. The van der Waals surface area contributed by atoms with Gasteiger partial charge in [-0.3, -0.25) is 9.59 Å². The Bertz CT molecular complexity index is 1060. The summed E-state index contributed by atoms with van der Waals surface area (Å²) in [5.74, 6) is 0.406. The van der Waals surface area contributed by atoms with Crippen LogP contribution in [0.25, 0.3) is 0 Å². The fraction of sp³-hybridized carbons (Fsp3) is 0.462. The van der Waals surface area contributed by atoms with E-state index in [0.717, 1.165) is 25.7 Å². The second-order valence-electron chi connectivity index (χ2n) is 9.18. The van der Waals surface area contributed by atoms with Crippen LogP contribution in [0.15, 0.2) is 42.5 Å². The molecule has 2 amide bonds. The second kappa shape index (κ2) is 10.4. The summed E-state index contributed by atoms with van der Waals surface area (Å²) in [6, 6.07) is 11.1. The molecule has 0 N–H and O–H groups in total. The molecule has 2 aromatic rings. The first kappa shape index (κ1) is 23.9. The van der Waals surface area contributed by atoms with Gasteiger partial charge in [-0.05, 0) is 55.3 Å². The van der Waals surface area contributed by atoms with Crippen LogP contribution in [0, 0.1) is 5.82 Å². The number of hydrogen-bond donors (Lipinski definition) is 0. The quantitative estimate of drug-likeness (QED) is 0.598. The second-order valence-corrected chi connectivity index (χ2v) is 9.62. The molecule has 2 unspecified atom stereocenters. The highest BCUT2D eigenvalue weighted by Crippen LogP contribution is 2.37. The Kier molecular flexibility index (Phi) is 7.11. The summed E-state index contributed by atoms with van der Waals surface area (Å²) in [6.45, 7) is 1.83. The highest BCUT2D eigenvalue weighted by atomic mass is 35.5. The van der Waals surface area contributed by atoms with Crippen LogP contribution >= 0.6 is 11.6 Å². The minimum Gasteiger partial charge on any atom is -0.490 e. The topological polar surface area (TPSA) is 68.3 Å². The molecule has 0 saturated carbocycles. The summed E-state index contributed by atoms with van der Waals surface area (Å²) in [4.78, 5) is 29.8. The van der Waals surface area contributed by atoms with E-state index in [9.17, 15) is 14.0 Å². The van der Waals surface area contributed by atoms with E-state index < -0.39 is 0 Å². The number of carbonyl (C=O) groups excluding carboxylic acids is 2. The van der Waals surface area contributed by atoms with Gasteiger partial charge in [-0.1, -0.05) is 11.6 Å². The molecule has 9 heteroatoms. The molecule has 2 aromatic carbocycles. The lowest BCUT2D eigenvalue weighted by atomic mass is 9.99. The van der Waals surface area contributed by atoms with Gasteiger partial charge >= 0.3 is 0 Å². The van der Waals surface area contributed by atoms with Crippen LogP contribution in [0.5, 0.6) is 11.5 Å². The number of fused-ring (bicyclic) bond motifs is 2. The van der Waals surface area contributed by atoms with Gasteiger partial charge in [0.25, 0.3) is 11.8 Å². The number of benzene rings is 2. The molecule has 2 atom stereocenters. The minimum atomic E-state index is -0.298. The molecule has 0 radical (unpaired) electrons. The van der Waals surface area contributed by atoms with E-state index in [-0.39, 0.29) is 42.4 Å². The fourth-order valence-corrected chi connectivity index (χ4v) is 5.45. The van der Waals surface area contributed by atoms with E-state index in [2.05, 4.69) is 0 Å². The van der Waals surface area contributed by atoms with Crippen molar-refractivity contribution in [3.05, 3.63) is 58.9 Å². The Morgan fingerprint density at radius 2 is 1.71 bits per heavy atom. The van der Waals surface area contributed by atoms with Crippen molar-refractivity contribution < 1.29 is 28.2 Å². The third-order valence-corrected chi connectivity index (χ3v) is 7.15. The van der Waals surface area contributed by atoms with Crippen molar-refractivity contribution in [1.82, 2.24) is 9.80 Å². The molecule has 3 saturated heterocycles. The summed E-state index contributed by atoms with van der Waals surface area (Å²) in [6.07, 6.45) is 3.27. The molecule has 35 heavy (non-hydrogen) atoms. The number of rotatable bonds is 6. The monoisotopic (exact) mass is 502 g/mol.